The van der Waals surface area contributed by atoms with Gasteiger partial charge in [-0.05, 0) is 122 Å². The van der Waals surface area contributed by atoms with Crippen molar-refractivity contribution < 1.29 is 136 Å². The molecule has 13 aliphatic rings. The number of likely N-dealkylation sites (tertiary alicyclic amines) is 12. The van der Waals surface area contributed by atoms with Crippen molar-refractivity contribution in [3.8, 4) is 0 Å². The van der Waals surface area contributed by atoms with Crippen LogP contribution in [0.3, 0.4) is 0 Å². The van der Waals surface area contributed by atoms with Crippen molar-refractivity contribution in [1.82, 2.24) is 107 Å². The normalized spacial score (nSPS) is 29.6. The van der Waals surface area contributed by atoms with Crippen LogP contribution in [0.1, 0.15) is 148 Å². The molecule has 13 heterocycles. The Labute approximate surface area is 776 Å². The number of aliphatic hydroxyl groups excluding tert-OH is 6. The summed E-state index contributed by atoms with van der Waals surface area (Å²) in [7, 11) is 0. The third-order valence-corrected chi connectivity index (χ3v) is 28.2. The summed E-state index contributed by atoms with van der Waals surface area (Å²) < 4.78 is 0. The highest BCUT2D eigenvalue weighted by molar-refractivity contribution is 6.02. The van der Waals surface area contributed by atoms with E-state index in [4.69, 9.17) is 10.8 Å². The fourth-order valence-corrected chi connectivity index (χ4v) is 21.5. The van der Waals surface area contributed by atoms with Crippen LogP contribution in [0.4, 0.5) is 0 Å². The van der Waals surface area contributed by atoms with Crippen LogP contribution >= 0.6 is 0 Å². The number of aliphatic carboxylic acids is 1. The van der Waals surface area contributed by atoms with Crippen LogP contribution in [0, 0.1) is 0 Å². The predicted molar refractivity (Wildman–Crippen MR) is 460 cm³/mol. The molecule has 0 aromatic heterocycles. The van der Waals surface area contributed by atoms with Crippen LogP contribution in [0.2, 0.25) is 0 Å². The monoisotopic (exact) mass is 1900 g/mol. The average molecular weight is 1900 g/mol. The molecule has 20 amide bonds. The number of aliphatic hydroxyl groups is 6. The maximum absolute atomic E-state index is 14.5. The second kappa shape index (κ2) is 45.0. The number of rotatable bonds is 33. The number of amides is 20. The number of hydrogen-bond acceptors (Lipinski definition) is 29. The highest BCUT2D eigenvalue weighted by atomic mass is 16.4. The number of unbranched alkanes of at least 4 members (excludes halogenated alkanes) is 1. The minimum absolute atomic E-state index is 0.0220. The third kappa shape index (κ3) is 23.5. The van der Waals surface area contributed by atoms with Gasteiger partial charge in [-0.25, -0.2) is 0 Å². The van der Waals surface area contributed by atoms with Crippen molar-refractivity contribution in [2.24, 2.45) is 5.73 Å². The van der Waals surface area contributed by atoms with Gasteiger partial charge in [-0.3, -0.25) is 101 Å². The van der Waals surface area contributed by atoms with Crippen LogP contribution in [0.15, 0.2) is 0 Å². The Hall–Kier alpha value is -11.4. The molecule has 13 fully saturated rings. The zero-order chi connectivity index (χ0) is 97.1. The van der Waals surface area contributed by atoms with Gasteiger partial charge in [0.25, 0.3) is 0 Å². The molecule has 18 N–H and O–H groups in total. The number of nitrogens with two attached hydrogens (primary N) is 1. The smallest absolute Gasteiger partial charge is 0.322 e. The van der Waals surface area contributed by atoms with E-state index >= 15 is 0 Å². The molecule has 20 atom stereocenters. The van der Waals surface area contributed by atoms with Gasteiger partial charge in [0, 0.05) is 117 Å². The number of nitrogens with zero attached hydrogens (tertiary/aromatic N) is 12. The average Bonchev–Trinajstić information content (AvgIpc) is 1.68. The highest BCUT2D eigenvalue weighted by Gasteiger charge is 2.53. The molecule has 50 nitrogen and oxygen atoms in total. The van der Waals surface area contributed by atoms with E-state index in [0.717, 1.165) is 24.5 Å². The van der Waals surface area contributed by atoms with Gasteiger partial charge in [-0.1, -0.05) is 0 Å². The van der Waals surface area contributed by atoms with E-state index in [1.807, 2.05) is 0 Å². The summed E-state index contributed by atoms with van der Waals surface area (Å²) in [6.45, 7) is -5.00. The largest absolute Gasteiger partial charge is 0.480 e. The van der Waals surface area contributed by atoms with Crippen molar-refractivity contribution in [1.29, 1.82) is 0 Å². The van der Waals surface area contributed by atoms with E-state index in [1.165, 1.54) is 34.3 Å². The summed E-state index contributed by atoms with van der Waals surface area (Å²) in [4.78, 5) is 304. The lowest BCUT2D eigenvalue weighted by molar-refractivity contribution is -0.148. The lowest BCUT2D eigenvalue weighted by Gasteiger charge is -2.32. The Morgan fingerprint density at radius 3 is 0.785 bits per heavy atom. The van der Waals surface area contributed by atoms with Crippen molar-refractivity contribution in [3.05, 3.63) is 0 Å². The van der Waals surface area contributed by atoms with Gasteiger partial charge in [0.05, 0.1) is 81.9 Å². The minimum Gasteiger partial charge on any atom is -0.480 e. The van der Waals surface area contributed by atoms with Gasteiger partial charge < -0.3 is 148 Å². The Bertz CT molecular complexity index is 4550. The molecule has 0 bridgehead atoms. The van der Waals surface area contributed by atoms with Crippen LogP contribution in [-0.4, -0.2) is 477 Å². The molecular weight excluding hydrogens is 1780 g/mol. The van der Waals surface area contributed by atoms with Crippen molar-refractivity contribution in [2.45, 2.75) is 269 Å². The minimum atomic E-state index is -1.33. The second-order valence-corrected chi connectivity index (χ2v) is 37.3. The molecule has 135 heavy (non-hydrogen) atoms. The summed E-state index contributed by atoms with van der Waals surface area (Å²) >= 11 is 0. The maximum atomic E-state index is 14.5. The third-order valence-electron chi connectivity index (χ3n) is 28.2. The molecule has 0 unspecified atom stereocenters. The Kier molecular flexibility index (Phi) is 33.7. The van der Waals surface area contributed by atoms with Gasteiger partial charge in [0.2, 0.25) is 118 Å². The number of nitrogens with one attached hydrogen (secondary N) is 9. The standard InChI is InChI=1S/C85H126N22O28/c86-18-2-1-10-51(95-65(114)33-88-72(122)53-11-4-20-97(53)80(130)52-26-45(108)32-87-52)79(129)96-19-3-12-54(96)73(123)89-34-66(115)103-40-46(109)27-60(103)81(131)98-21-5-13-55(98)74(124)90-35-67(116)104-41-47(110)28-61(104)82(132)99-22-6-14-56(99)75(125)91-36-68(117)105-42-48(111)29-62(105)83(133)100-23-7-15-57(100)76(126)92-37-69(118)106-43-49(112)30-63(106)84(134)101-24-8-16-58(101)77(127)93-38-70(119)107-44-50(113)31-64(107)85(135)102-25-9-17-59(102)78(128)94-39-71(120)121/h45-64,87,108-113H,1-44,86H2,(H,88,122)(H,89,123)(H,90,124)(H,91,125)(H,92,126)(H,93,127)(H,94,128)(H,95,114)(H,120,121)/t45-,46-,47-,48-,49-,50-,51+,52+,53+,54+,55+,56+,57+,58+,59+,60+,61+,62+,63+,64+/m1/s1. The van der Waals surface area contributed by atoms with E-state index in [2.05, 4.69) is 47.9 Å². The molecule has 0 radical (unpaired) electrons. The summed E-state index contributed by atoms with van der Waals surface area (Å²) in [5, 5.41) is 96.4. The first kappa shape index (κ1) is 101. The number of hydrogen-bond donors (Lipinski definition) is 17. The molecule has 0 aliphatic carbocycles. The topological polar surface area (TPSA) is 673 Å². The van der Waals surface area contributed by atoms with Crippen LogP contribution in [0.5, 0.6) is 0 Å². The number of carboxylic acids is 1. The summed E-state index contributed by atoms with van der Waals surface area (Å²) in [5.74, 6) is -15.4. The molecule has 744 valence electrons. The summed E-state index contributed by atoms with van der Waals surface area (Å²) in [5.41, 5.74) is 5.76. The molecule has 13 aliphatic heterocycles. The van der Waals surface area contributed by atoms with Gasteiger partial charge in [-0.2, -0.15) is 0 Å². The first-order valence-corrected chi connectivity index (χ1v) is 47.1. The Balaban J connectivity index is 0.537. The number of β-amino-alcohol motifs (C(OH)–C–C–N with tert-alkyl or cyclic N) is 6. The SMILES string of the molecule is NCCCC[C@H](NC(=O)CNC(=O)[C@@H]1CCCN1C(=O)[C@@H]1C[C@@H](O)CN1)C(=O)N1CCC[C@H]1C(=O)NCC(=O)N1C[C@H](O)C[C@H]1C(=O)N1CCC[C@H]1C(=O)NCC(=O)N1C[C@H](O)C[C@H]1C(=O)N1CCC[C@H]1C(=O)NCC(=O)N1C[C@H](O)C[C@H]1C(=O)N1CCC[C@H]1C(=O)NCC(=O)N1C[C@H](O)C[C@H]1C(=O)N1CCC[C@H]1C(=O)NCC(=O)N1C[C@H](O)C[C@H]1C(=O)N1CCC[C@H]1C(=O)NCC(=O)O. The number of carbonyl (C=O) groups excluding carboxylic acids is 20. The fourth-order valence-electron chi connectivity index (χ4n) is 21.5. The molecule has 13 saturated heterocycles. The van der Waals surface area contributed by atoms with Gasteiger partial charge >= 0.3 is 5.97 Å². The molecule has 0 saturated carbocycles. The number of carboxylic acid groups (broad SMARTS) is 1. The quantitative estimate of drug-likeness (QED) is 0.0271. The van der Waals surface area contributed by atoms with E-state index < -0.39 is 285 Å². The van der Waals surface area contributed by atoms with Crippen LogP contribution < -0.4 is 53.6 Å². The zero-order valence-corrected chi connectivity index (χ0v) is 75.3. The first-order chi connectivity index (χ1) is 64.5. The Morgan fingerprint density at radius 1 is 0.289 bits per heavy atom. The van der Waals surface area contributed by atoms with Crippen molar-refractivity contribution >= 4 is 124 Å². The molecule has 13 rings (SSSR count). The second-order valence-electron chi connectivity index (χ2n) is 37.3. The summed E-state index contributed by atoms with van der Waals surface area (Å²) in [6.07, 6.45) is -2.64. The zero-order valence-electron chi connectivity index (χ0n) is 75.3. The van der Waals surface area contributed by atoms with Crippen LogP contribution in [0.25, 0.3) is 0 Å². The molecular formula is C85H126N22O28. The van der Waals surface area contributed by atoms with Gasteiger partial charge in [0.15, 0.2) is 0 Å². The van der Waals surface area contributed by atoms with Gasteiger partial charge in [-0.15, -0.1) is 0 Å². The predicted octanol–water partition coefficient (Wildman–Crippen LogP) is -13.0. The van der Waals surface area contributed by atoms with Gasteiger partial charge in [0.1, 0.15) is 85.1 Å². The van der Waals surface area contributed by atoms with E-state index in [1.54, 1.807) is 0 Å². The first-order valence-electron chi connectivity index (χ1n) is 47.1. The lowest BCUT2D eigenvalue weighted by atomic mass is 10.1. The van der Waals surface area contributed by atoms with Crippen molar-refractivity contribution in [2.75, 3.05) is 137 Å². The summed E-state index contributed by atoms with van der Waals surface area (Å²) in [6, 6.07) is -15.8. The van der Waals surface area contributed by atoms with Crippen molar-refractivity contribution in [3.63, 3.8) is 0 Å². The molecule has 0 spiro atoms. The van der Waals surface area contributed by atoms with E-state index in [9.17, 15) is 131 Å². The maximum Gasteiger partial charge on any atom is 0.322 e. The number of carbonyl (C=O) groups is 21. The van der Waals surface area contributed by atoms with E-state index in [0.29, 0.717) is 70.8 Å². The van der Waals surface area contributed by atoms with E-state index in [-0.39, 0.29) is 174 Å². The lowest BCUT2D eigenvalue weighted by Crippen LogP contribution is -2.57. The molecule has 0 aromatic carbocycles. The molecule has 0 aromatic rings. The highest BCUT2D eigenvalue weighted by Crippen LogP contribution is 2.34. The fraction of sp³-hybridized carbons (Fsp3) is 0.753. The van der Waals surface area contributed by atoms with Crippen LogP contribution in [-0.2, 0) is 101 Å². The molecule has 50 heteroatoms. The Morgan fingerprint density at radius 2 is 0.533 bits per heavy atom.